The van der Waals surface area contributed by atoms with Gasteiger partial charge in [-0.25, -0.2) is 4.98 Å². The van der Waals surface area contributed by atoms with Crippen LogP contribution in [0.1, 0.15) is 21.1 Å². The van der Waals surface area contributed by atoms with E-state index in [1.165, 1.54) is 4.88 Å². The fourth-order valence-electron chi connectivity index (χ4n) is 1.72. The summed E-state index contributed by atoms with van der Waals surface area (Å²) in [5, 5.41) is 4.70. The van der Waals surface area contributed by atoms with Gasteiger partial charge in [0.2, 0.25) is 0 Å². The highest BCUT2D eigenvalue weighted by Gasteiger charge is 2.07. The fourth-order valence-corrected chi connectivity index (χ4v) is 2.82. The van der Waals surface area contributed by atoms with Crippen molar-refractivity contribution in [1.29, 1.82) is 0 Å². The van der Waals surface area contributed by atoms with E-state index in [2.05, 4.69) is 17.2 Å². The number of ether oxygens (including phenoxy) is 1. The summed E-state index contributed by atoms with van der Waals surface area (Å²) in [6.45, 7) is 5.33. The maximum atomic E-state index is 6.20. The number of hydrogen-bond acceptors (Lipinski definition) is 4. The van der Waals surface area contributed by atoms with Crippen LogP contribution < -0.4 is 10.1 Å². The minimum Gasteiger partial charge on any atom is -0.485 e. The van der Waals surface area contributed by atoms with Gasteiger partial charge < -0.3 is 10.1 Å². The fraction of sp³-hybridized carbons (Fsp3) is 0.357. The summed E-state index contributed by atoms with van der Waals surface area (Å²) < 4.78 is 5.72. The van der Waals surface area contributed by atoms with Gasteiger partial charge in [-0.15, -0.1) is 11.3 Å². The van der Waals surface area contributed by atoms with Gasteiger partial charge in [0.15, 0.2) is 0 Å². The standard InChI is InChI=1S/C14H17ClN2OS/c1-9-10(2)19-14(17-9)8-18-13-5-4-11(7-16-3)6-12(13)15/h4-6,16H,7-8H2,1-3H3. The number of halogens is 1. The first-order chi connectivity index (χ1) is 9.10. The summed E-state index contributed by atoms with van der Waals surface area (Å²) in [4.78, 5) is 5.67. The van der Waals surface area contributed by atoms with Crippen LogP contribution >= 0.6 is 22.9 Å². The highest BCUT2D eigenvalue weighted by atomic mass is 35.5. The molecule has 1 aromatic heterocycles. The first kappa shape index (κ1) is 14.3. The van der Waals surface area contributed by atoms with Crippen LogP contribution in [0.3, 0.4) is 0 Å². The van der Waals surface area contributed by atoms with Gasteiger partial charge in [-0.05, 0) is 38.6 Å². The largest absolute Gasteiger partial charge is 0.485 e. The molecule has 0 bridgehead atoms. The molecule has 0 fully saturated rings. The Morgan fingerprint density at radius 1 is 1.37 bits per heavy atom. The Labute approximate surface area is 122 Å². The number of nitrogens with one attached hydrogen (secondary N) is 1. The molecule has 1 aromatic carbocycles. The van der Waals surface area contributed by atoms with Gasteiger partial charge in [0.25, 0.3) is 0 Å². The Bertz CT molecular complexity index is 549. The van der Waals surface area contributed by atoms with Gasteiger partial charge in [-0.2, -0.15) is 0 Å². The average molecular weight is 297 g/mol. The summed E-state index contributed by atoms with van der Waals surface area (Å²) >= 11 is 7.86. The molecule has 19 heavy (non-hydrogen) atoms. The molecule has 0 saturated heterocycles. The maximum absolute atomic E-state index is 6.20. The molecule has 3 nitrogen and oxygen atoms in total. The average Bonchev–Trinajstić information content (AvgIpc) is 2.68. The normalized spacial score (nSPS) is 10.7. The molecule has 0 saturated carbocycles. The molecule has 102 valence electrons. The molecular weight excluding hydrogens is 280 g/mol. The van der Waals surface area contributed by atoms with Crippen LogP contribution in [-0.2, 0) is 13.2 Å². The lowest BCUT2D eigenvalue weighted by molar-refractivity contribution is 0.305. The lowest BCUT2D eigenvalue weighted by atomic mass is 10.2. The summed E-state index contributed by atoms with van der Waals surface area (Å²) in [5.41, 5.74) is 2.21. The Hall–Kier alpha value is -1.10. The highest BCUT2D eigenvalue weighted by Crippen LogP contribution is 2.27. The third-order valence-electron chi connectivity index (χ3n) is 2.80. The van der Waals surface area contributed by atoms with E-state index in [-0.39, 0.29) is 0 Å². The summed E-state index contributed by atoms with van der Waals surface area (Å²) in [7, 11) is 1.91. The SMILES string of the molecule is CNCc1ccc(OCc2nc(C)c(C)s2)c(Cl)c1. The minimum atomic E-state index is 0.463. The van der Waals surface area contributed by atoms with Crippen molar-refractivity contribution in [3.05, 3.63) is 44.4 Å². The van der Waals surface area contributed by atoms with Gasteiger partial charge in [0.05, 0.1) is 10.7 Å². The molecule has 1 heterocycles. The zero-order valence-corrected chi connectivity index (χ0v) is 12.9. The third kappa shape index (κ3) is 3.69. The van der Waals surface area contributed by atoms with E-state index in [1.54, 1.807) is 11.3 Å². The number of hydrogen-bond donors (Lipinski definition) is 1. The second-order valence-corrected chi connectivity index (χ2v) is 6.03. The van der Waals surface area contributed by atoms with Crippen LogP contribution in [0, 0.1) is 13.8 Å². The molecule has 0 atom stereocenters. The van der Waals surface area contributed by atoms with Gasteiger partial charge in [0, 0.05) is 11.4 Å². The van der Waals surface area contributed by atoms with Crippen LogP contribution in [0.15, 0.2) is 18.2 Å². The molecule has 5 heteroatoms. The summed E-state index contributed by atoms with van der Waals surface area (Å²) in [5.74, 6) is 0.701. The first-order valence-corrected chi connectivity index (χ1v) is 7.28. The molecule has 2 rings (SSSR count). The predicted octanol–water partition coefficient (Wildman–Crippen LogP) is 3.71. The molecule has 0 aliphatic heterocycles. The van der Waals surface area contributed by atoms with Crippen LogP contribution in [0.2, 0.25) is 5.02 Å². The zero-order chi connectivity index (χ0) is 13.8. The molecule has 0 spiro atoms. The van der Waals surface area contributed by atoms with Crippen molar-refractivity contribution >= 4 is 22.9 Å². The number of aromatic nitrogens is 1. The second kappa shape index (κ2) is 6.37. The molecule has 0 amide bonds. The second-order valence-electron chi connectivity index (χ2n) is 4.33. The van der Waals surface area contributed by atoms with Gasteiger partial charge in [-0.1, -0.05) is 17.7 Å². The van der Waals surface area contributed by atoms with Crippen molar-refractivity contribution < 1.29 is 4.74 Å². The Morgan fingerprint density at radius 2 is 2.16 bits per heavy atom. The Kier molecular flexibility index (Phi) is 4.80. The first-order valence-electron chi connectivity index (χ1n) is 6.09. The molecule has 0 unspecified atom stereocenters. The predicted molar refractivity (Wildman–Crippen MR) is 80.1 cm³/mol. The van der Waals surface area contributed by atoms with Crippen LogP contribution in [0.4, 0.5) is 0 Å². The summed E-state index contributed by atoms with van der Waals surface area (Å²) in [6, 6.07) is 5.84. The highest BCUT2D eigenvalue weighted by molar-refractivity contribution is 7.11. The van der Waals surface area contributed by atoms with E-state index >= 15 is 0 Å². The Morgan fingerprint density at radius 3 is 2.74 bits per heavy atom. The topological polar surface area (TPSA) is 34.1 Å². The van der Waals surface area contributed by atoms with Crippen LogP contribution in [-0.4, -0.2) is 12.0 Å². The number of aryl methyl sites for hydroxylation is 2. The molecule has 0 radical (unpaired) electrons. The van der Waals surface area contributed by atoms with Crippen molar-refractivity contribution in [3.8, 4) is 5.75 Å². The number of rotatable bonds is 5. The number of benzene rings is 1. The molecule has 0 aliphatic rings. The van der Waals surface area contributed by atoms with Gasteiger partial charge in [0.1, 0.15) is 17.4 Å². The zero-order valence-electron chi connectivity index (χ0n) is 11.3. The van der Waals surface area contributed by atoms with Crippen molar-refractivity contribution in [3.63, 3.8) is 0 Å². The molecular formula is C14H17ClN2OS. The van der Waals surface area contributed by atoms with Crippen molar-refractivity contribution in [2.75, 3.05) is 7.05 Å². The molecule has 0 aliphatic carbocycles. The van der Waals surface area contributed by atoms with Crippen molar-refractivity contribution in [2.24, 2.45) is 0 Å². The maximum Gasteiger partial charge on any atom is 0.140 e. The lowest BCUT2D eigenvalue weighted by Crippen LogP contribution is -2.05. The van der Waals surface area contributed by atoms with Crippen molar-refractivity contribution in [2.45, 2.75) is 27.0 Å². The lowest BCUT2D eigenvalue weighted by Gasteiger charge is -2.08. The van der Waals surface area contributed by atoms with E-state index in [1.807, 2.05) is 32.2 Å². The Balaban J connectivity index is 2.03. The van der Waals surface area contributed by atoms with E-state index < -0.39 is 0 Å². The number of thiazole rings is 1. The van der Waals surface area contributed by atoms with Crippen molar-refractivity contribution in [1.82, 2.24) is 10.3 Å². The monoisotopic (exact) mass is 296 g/mol. The quantitative estimate of drug-likeness (QED) is 0.913. The molecule has 2 aromatic rings. The van der Waals surface area contributed by atoms with Crippen LogP contribution in [0.5, 0.6) is 5.75 Å². The van der Waals surface area contributed by atoms with Gasteiger partial charge >= 0.3 is 0 Å². The smallest absolute Gasteiger partial charge is 0.140 e. The third-order valence-corrected chi connectivity index (χ3v) is 4.14. The van der Waals surface area contributed by atoms with E-state index in [9.17, 15) is 0 Å². The minimum absolute atomic E-state index is 0.463. The number of nitrogens with zero attached hydrogens (tertiary/aromatic N) is 1. The van der Waals surface area contributed by atoms with Crippen LogP contribution in [0.25, 0.3) is 0 Å². The van der Waals surface area contributed by atoms with Gasteiger partial charge in [-0.3, -0.25) is 0 Å². The summed E-state index contributed by atoms with van der Waals surface area (Å²) in [6.07, 6.45) is 0. The molecule has 1 N–H and O–H groups in total. The van der Waals surface area contributed by atoms with E-state index in [0.717, 1.165) is 22.8 Å². The van der Waals surface area contributed by atoms with E-state index in [0.29, 0.717) is 17.4 Å². The van der Waals surface area contributed by atoms with E-state index in [4.69, 9.17) is 16.3 Å².